The Morgan fingerprint density at radius 2 is 1.96 bits per heavy atom. The van der Waals surface area contributed by atoms with E-state index in [1.54, 1.807) is 16.2 Å². The van der Waals surface area contributed by atoms with Crippen molar-refractivity contribution in [3.63, 3.8) is 0 Å². The second-order valence-electron chi connectivity index (χ2n) is 5.02. The monoisotopic (exact) mass is 354 g/mol. The number of rotatable bonds is 4. The summed E-state index contributed by atoms with van der Waals surface area (Å²) in [7, 11) is 0. The first-order valence-corrected chi connectivity index (χ1v) is 7.94. The van der Waals surface area contributed by atoms with Crippen molar-refractivity contribution in [2.24, 2.45) is 5.73 Å². The van der Waals surface area contributed by atoms with Gasteiger partial charge in [0.2, 0.25) is 5.91 Å². The zero-order valence-electron chi connectivity index (χ0n) is 12.8. The van der Waals surface area contributed by atoms with Crippen LogP contribution in [0.3, 0.4) is 0 Å². The first-order valence-electron chi connectivity index (χ1n) is 7.13. The molecule has 7 heteroatoms. The molecule has 1 aromatic carbocycles. The number of aryl methyl sites for hydroxylation is 1. The van der Waals surface area contributed by atoms with Crippen LogP contribution in [0.4, 0.5) is 5.69 Å². The van der Waals surface area contributed by atoms with Crippen LogP contribution in [0.2, 0.25) is 0 Å². The van der Waals surface area contributed by atoms with Crippen molar-refractivity contribution >= 4 is 35.3 Å². The van der Waals surface area contributed by atoms with Crippen molar-refractivity contribution in [3.8, 4) is 11.5 Å². The molecule has 2 aromatic rings. The van der Waals surface area contributed by atoms with E-state index in [2.05, 4.69) is 6.07 Å². The predicted octanol–water partition coefficient (Wildman–Crippen LogP) is 2.74. The molecule has 1 aliphatic heterocycles. The van der Waals surface area contributed by atoms with E-state index in [0.717, 1.165) is 10.6 Å². The maximum atomic E-state index is 12.2. The van der Waals surface area contributed by atoms with E-state index >= 15 is 0 Å². The van der Waals surface area contributed by atoms with Gasteiger partial charge in [-0.2, -0.15) is 0 Å². The smallest absolute Gasteiger partial charge is 0.241 e. The molecule has 0 atom stereocenters. The number of nitrogens with two attached hydrogens (primary N) is 1. The minimum absolute atomic E-state index is 0. The molecule has 1 amide bonds. The highest BCUT2D eigenvalue weighted by Crippen LogP contribution is 2.34. The first-order chi connectivity index (χ1) is 10.7. The number of ether oxygens (including phenoxy) is 2. The lowest BCUT2D eigenvalue weighted by molar-refractivity contribution is -0.117. The van der Waals surface area contributed by atoms with Crippen LogP contribution in [0.5, 0.6) is 11.5 Å². The molecule has 0 bridgehead atoms. The summed E-state index contributed by atoms with van der Waals surface area (Å²) in [6, 6.07) is 9.62. The molecule has 2 heterocycles. The SMILES string of the molecule is Cc1ccc(CN(C(=O)CN)c2ccc3c(c2)OCCO3)s1.Cl. The Hall–Kier alpha value is -1.76. The topological polar surface area (TPSA) is 64.8 Å². The largest absolute Gasteiger partial charge is 0.486 e. The number of fused-ring (bicyclic) bond motifs is 1. The third kappa shape index (κ3) is 3.96. The number of carbonyl (C=O) groups is 1. The molecule has 124 valence electrons. The van der Waals surface area contributed by atoms with Crippen LogP contribution in [0.25, 0.3) is 0 Å². The van der Waals surface area contributed by atoms with Crippen LogP contribution in [-0.2, 0) is 11.3 Å². The normalized spacial score (nSPS) is 12.4. The number of anilines is 1. The lowest BCUT2D eigenvalue weighted by atomic mass is 10.2. The van der Waals surface area contributed by atoms with Gasteiger partial charge in [0.05, 0.1) is 13.1 Å². The van der Waals surface area contributed by atoms with Gasteiger partial charge in [-0.25, -0.2) is 0 Å². The Labute approximate surface area is 145 Å². The summed E-state index contributed by atoms with van der Waals surface area (Å²) in [4.78, 5) is 16.2. The van der Waals surface area contributed by atoms with E-state index in [0.29, 0.717) is 31.3 Å². The molecular formula is C16H19ClN2O3S. The molecule has 0 unspecified atom stereocenters. The zero-order chi connectivity index (χ0) is 15.5. The summed E-state index contributed by atoms with van der Waals surface area (Å²) in [5.41, 5.74) is 6.33. The molecule has 5 nitrogen and oxygen atoms in total. The molecule has 0 saturated heterocycles. The Morgan fingerprint density at radius 3 is 2.61 bits per heavy atom. The Balaban J connectivity index is 0.00000192. The molecule has 1 aromatic heterocycles. The van der Waals surface area contributed by atoms with Crippen molar-refractivity contribution in [2.45, 2.75) is 13.5 Å². The number of carbonyl (C=O) groups excluding carboxylic acids is 1. The highest BCUT2D eigenvalue weighted by atomic mass is 35.5. The maximum absolute atomic E-state index is 12.2. The van der Waals surface area contributed by atoms with E-state index in [1.165, 1.54) is 4.88 Å². The average Bonchev–Trinajstić information content (AvgIpc) is 2.96. The second kappa shape index (κ2) is 7.68. The number of thiophene rings is 1. The van der Waals surface area contributed by atoms with Gasteiger partial charge in [-0.3, -0.25) is 4.79 Å². The fourth-order valence-corrected chi connectivity index (χ4v) is 3.24. The number of halogens is 1. The van der Waals surface area contributed by atoms with Crippen LogP contribution in [0, 0.1) is 6.92 Å². The van der Waals surface area contributed by atoms with Crippen molar-refractivity contribution in [3.05, 3.63) is 40.1 Å². The van der Waals surface area contributed by atoms with E-state index in [-0.39, 0.29) is 24.9 Å². The van der Waals surface area contributed by atoms with Gasteiger partial charge in [0, 0.05) is 21.5 Å². The summed E-state index contributed by atoms with van der Waals surface area (Å²) < 4.78 is 11.1. The molecule has 0 aliphatic carbocycles. The minimum Gasteiger partial charge on any atom is -0.486 e. The Bertz CT molecular complexity index is 690. The standard InChI is InChI=1S/C16H18N2O3S.ClH/c1-11-2-4-13(22-11)10-18(16(19)9-17)12-3-5-14-15(8-12)21-7-6-20-14;/h2-5,8H,6-7,9-10,17H2,1H3;1H. The van der Waals surface area contributed by atoms with E-state index in [1.807, 2.05) is 31.2 Å². The lowest BCUT2D eigenvalue weighted by Gasteiger charge is -2.24. The lowest BCUT2D eigenvalue weighted by Crippen LogP contribution is -2.35. The third-order valence-electron chi connectivity index (χ3n) is 3.42. The molecule has 23 heavy (non-hydrogen) atoms. The molecule has 3 rings (SSSR count). The maximum Gasteiger partial charge on any atom is 0.241 e. The van der Waals surface area contributed by atoms with Gasteiger partial charge in [-0.15, -0.1) is 23.7 Å². The number of hydrogen-bond acceptors (Lipinski definition) is 5. The van der Waals surface area contributed by atoms with Crippen molar-refractivity contribution in [2.75, 3.05) is 24.7 Å². The molecule has 0 spiro atoms. The summed E-state index contributed by atoms with van der Waals surface area (Å²) in [5.74, 6) is 1.26. The fourth-order valence-electron chi connectivity index (χ4n) is 2.36. The Kier molecular flexibility index (Phi) is 5.87. The van der Waals surface area contributed by atoms with Crippen LogP contribution in [-0.4, -0.2) is 25.7 Å². The molecular weight excluding hydrogens is 336 g/mol. The number of nitrogens with zero attached hydrogens (tertiary/aromatic N) is 1. The molecule has 0 saturated carbocycles. The van der Waals surface area contributed by atoms with Gasteiger partial charge in [0.25, 0.3) is 0 Å². The van der Waals surface area contributed by atoms with Gasteiger partial charge in [-0.05, 0) is 31.2 Å². The summed E-state index contributed by atoms with van der Waals surface area (Å²) in [6.07, 6.45) is 0. The fraction of sp³-hybridized carbons (Fsp3) is 0.312. The molecule has 2 N–H and O–H groups in total. The second-order valence-corrected chi connectivity index (χ2v) is 6.40. The highest BCUT2D eigenvalue weighted by molar-refractivity contribution is 7.11. The van der Waals surface area contributed by atoms with Crippen LogP contribution >= 0.6 is 23.7 Å². The van der Waals surface area contributed by atoms with Crippen LogP contribution in [0.1, 0.15) is 9.75 Å². The van der Waals surface area contributed by atoms with Crippen molar-refractivity contribution in [1.29, 1.82) is 0 Å². The molecule has 0 fully saturated rings. The zero-order valence-corrected chi connectivity index (χ0v) is 14.4. The summed E-state index contributed by atoms with van der Waals surface area (Å²) >= 11 is 1.68. The Morgan fingerprint density at radius 1 is 1.22 bits per heavy atom. The number of amides is 1. The van der Waals surface area contributed by atoms with E-state index < -0.39 is 0 Å². The number of hydrogen-bond donors (Lipinski definition) is 1. The van der Waals surface area contributed by atoms with Crippen molar-refractivity contribution < 1.29 is 14.3 Å². The third-order valence-corrected chi connectivity index (χ3v) is 4.41. The summed E-state index contributed by atoms with van der Waals surface area (Å²) in [6.45, 7) is 3.60. The van der Waals surface area contributed by atoms with Gasteiger partial charge >= 0.3 is 0 Å². The predicted molar refractivity (Wildman–Crippen MR) is 94.0 cm³/mol. The van der Waals surface area contributed by atoms with Crippen LogP contribution < -0.4 is 20.1 Å². The van der Waals surface area contributed by atoms with E-state index in [9.17, 15) is 4.79 Å². The van der Waals surface area contributed by atoms with Crippen molar-refractivity contribution in [1.82, 2.24) is 0 Å². The molecule has 1 aliphatic rings. The number of benzene rings is 1. The average molecular weight is 355 g/mol. The van der Waals surface area contributed by atoms with Gasteiger partial charge in [0.15, 0.2) is 11.5 Å². The minimum atomic E-state index is -0.122. The van der Waals surface area contributed by atoms with Gasteiger partial charge in [-0.1, -0.05) is 0 Å². The first kappa shape index (κ1) is 17.6. The highest BCUT2D eigenvalue weighted by Gasteiger charge is 2.19. The molecule has 0 radical (unpaired) electrons. The summed E-state index contributed by atoms with van der Waals surface area (Å²) in [5, 5.41) is 0. The van der Waals surface area contributed by atoms with Gasteiger partial charge < -0.3 is 20.1 Å². The van der Waals surface area contributed by atoms with Crippen LogP contribution in [0.15, 0.2) is 30.3 Å². The quantitative estimate of drug-likeness (QED) is 0.916. The van der Waals surface area contributed by atoms with Gasteiger partial charge in [0.1, 0.15) is 13.2 Å². The van der Waals surface area contributed by atoms with E-state index in [4.69, 9.17) is 15.2 Å².